The number of carbonyl (C=O) groups is 1. The summed E-state index contributed by atoms with van der Waals surface area (Å²) in [6.07, 6.45) is 0. The van der Waals surface area contributed by atoms with Crippen molar-refractivity contribution in [3.8, 4) is 0 Å². The number of fused-ring (bicyclic) bond motifs is 1. The van der Waals surface area contributed by atoms with E-state index in [4.69, 9.17) is 0 Å². The van der Waals surface area contributed by atoms with Gasteiger partial charge in [-0.05, 0) is 30.7 Å². The molecule has 2 aromatic rings. The minimum absolute atomic E-state index is 0.0250. The zero-order valence-electron chi connectivity index (χ0n) is 10.2. The topological polar surface area (TPSA) is 32.3 Å². The summed E-state index contributed by atoms with van der Waals surface area (Å²) in [4.78, 5) is 13.8. The first-order chi connectivity index (χ1) is 8.75. The molecule has 1 aliphatic rings. The lowest BCUT2D eigenvalue weighted by molar-refractivity contribution is -0.115. The number of hydrogen-bond donors (Lipinski definition) is 1. The van der Waals surface area contributed by atoms with Gasteiger partial charge >= 0.3 is 0 Å². The van der Waals surface area contributed by atoms with Crippen LogP contribution >= 0.6 is 0 Å². The van der Waals surface area contributed by atoms with Crippen LogP contribution in [0, 0.1) is 6.92 Å². The van der Waals surface area contributed by atoms with Crippen molar-refractivity contribution in [2.24, 2.45) is 0 Å². The van der Waals surface area contributed by atoms with E-state index in [1.54, 1.807) is 0 Å². The van der Waals surface area contributed by atoms with Crippen LogP contribution in [0.4, 0.5) is 17.1 Å². The van der Waals surface area contributed by atoms with Crippen molar-refractivity contribution >= 4 is 23.0 Å². The molecule has 0 unspecified atom stereocenters. The molecule has 0 saturated heterocycles. The Bertz CT molecular complexity index is 593. The number of anilines is 3. The first-order valence-corrected chi connectivity index (χ1v) is 5.98. The highest BCUT2D eigenvalue weighted by molar-refractivity contribution is 6.03. The molecule has 0 atom stereocenters. The summed E-state index contributed by atoms with van der Waals surface area (Å²) in [6, 6.07) is 16.0. The summed E-state index contributed by atoms with van der Waals surface area (Å²) >= 11 is 0. The van der Waals surface area contributed by atoms with Crippen LogP contribution in [0.25, 0.3) is 0 Å². The fraction of sp³-hybridized carbons (Fsp3) is 0.133. The summed E-state index contributed by atoms with van der Waals surface area (Å²) in [7, 11) is 0. The minimum atomic E-state index is 0.0250. The van der Waals surface area contributed by atoms with E-state index in [-0.39, 0.29) is 5.91 Å². The smallest absolute Gasteiger partial charge is 0.244 e. The number of carbonyl (C=O) groups excluding carboxylic acids is 1. The van der Waals surface area contributed by atoms with Crippen LogP contribution < -0.4 is 10.2 Å². The second-order valence-corrected chi connectivity index (χ2v) is 4.44. The van der Waals surface area contributed by atoms with E-state index in [0.29, 0.717) is 6.54 Å². The van der Waals surface area contributed by atoms with Gasteiger partial charge in [0, 0.05) is 5.69 Å². The number of aryl methyl sites for hydroxylation is 1. The molecule has 90 valence electrons. The molecule has 0 radical (unpaired) electrons. The number of para-hydroxylation sites is 2. The summed E-state index contributed by atoms with van der Waals surface area (Å²) in [5, 5.41) is 2.92. The molecule has 0 spiro atoms. The number of hydrogen-bond acceptors (Lipinski definition) is 2. The van der Waals surface area contributed by atoms with Gasteiger partial charge in [-0.2, -0.15) is 0 Å². The molecular formula is C15H14N2O. The van der Waals surface area contributed by atoms with Gasteiger partial charge in [0.1, 0.15) is 6.54 Å². The first kappa shape index (κ1) is 10.8. The van der Waals surface area contributed by atoms with Crippen LogP contribution in [0.3, 0.4) is 0 Å². The molecule has 3 nitrogen and oxygen atoms in total. The van der Waals surface area contributed by atoms with Gasteiger partial charge in [-0.3, -0.25) is 4.79 Å². The van der Waals surface area contributed by atoms with Gasteiger partial charge in [0.15, 0.2) is 0 Å². The Morgan fingerprint density at radius 2 is 1.83 bits per heavy atom. The van der Waals surface area contributed by atoms with Gasteiger partial charge in [0.05, 0.1) is 11.4 Å². The standard InChI is InChI=1S/C15H14N2O/c1-11-6-5-9-13-15(11)17(10-14(18)16-13)12-7-3-2-4-8-12/h2-9H,10H2,1H3,(H,16,18). The Balaban J connectivity index is 2.15. The van der Waals surface area contributed by atoms with Crippen molar-refractivity contribution < 1.29 is 4.79 Å². The molecule has 18 heavy (non-hydrogen) atoms. The molecule has 2 aromatic carbocycles. The number of benzene rings is 2. The predicted octanol–water partition coefficient (Wildman–Crippen LogP) is 3.09. The normalized spacial score (nSPS) is 14.1. The van der Waals surface area contributed by atoms with E-state index in [1.807, 2.05) is 42.5 Å². The van der Waals surface area contributed by atoms with Crippen LogP contribution in [-0.2, 0) is 4.79 Å². The van der Waals surface area contributed by atoms with Crippen molar-refractivity contribution in [1.29, 1.82) is 0 Å². The highest BCUT2D eigenvalue weighted by Gasteiger charge is 2.24. The second-order valence-electron chi connectivity index (χ2n) is 4.44. The average Bonchev–Trinajstić information content (AvgIpc) is 2.39. The quantitative estimate of drug-likeness (QED) is 0.828. The van der Waals surface area contributed by atoms with Gasteiger partial charge in [0.2, 0.25) is 5.91 Å². The molecule has 0 saturated carbocycles. The van der Waals surface area contributed by atoms with Crippen LogP contribution in [0.1, 0.15) is 5.56 Å². The lowest BCUT2D eigenvalue weighted by Gasteiger charge is -2.32. The highest BCUT2D eigenvalue weighted by atomic mass is 16.2. The third-order valence-electron chi connectivity index (χ3n) is 3.15. The van der Waals surface area contributed by atoms with Crippen molar-refractivity contribution in [1.82, 2.24) is 0 Å². The summed E-state index contributed by atoms with van der Waals surface area (Å²) in [5.74, 6) is 0.0250. The Labute approximate surface area is 106 Å². The third kappa shape index (κ3) is 1.74. The van der Waals surface area contributed by atoms with E-state index in [2.05, 4.69) is 23.2 Å². The fourth-order valence-electron chi connectivity index (χ4n) is 2.36. The van der Waals surface area contributed by atoms with Crippen molar-refractivity contribution in [2.75, 3.05) is 16.8 Å². The highest BCUT2D eigenvalue weighted by Crippen LogP contribution is 2.37. The van der Waals surface area contributed by atoms with E-state index in [1.165, 1.54) is 0 Å². The molecule has 0 aliphatic carbocycles. The van der Waals surface area contributed by atoms with Crippen LogP contribution in [0.15, 0.2) is 48.5 Å². The van der Waals surface area contributed by atoms with Crippen LogP contribution in [-0.4, -0.2) is 12.5 Å². The van der Waals surface area contributed by atoms with Gasteiger partial charge in [-0.1, -0.05) is 30.3 Å². The Morgan fingerprint density at radius 1 is 1.06 bits per heavy atom. The zero-order valence-corrected chi connectivity index (χ0v) is 10.2. The maximum Gasteiger partial charge on any atom is 0.244 e. The molecule has 0 bridgehead atoms. The largest absolute Gasteiger partial charge is 0.330 e. The van der Waals surface area contributed by atoms with E-state index < -0.39 is 0 Å². The number of nitrogens with one attached hydrogen (secondary N) is 1. The fourth-order valence-corrected chi connectivity index (χ4v) is 2.36. The Kier molecular flexibility index (Phi) is 2.52. The van der Waals surface area contributed by atoms with Crippen molar-refractivity contribution in [3.63, 3.8) is 0 Å². The molecular weight excluding hydrogens is 224 g/mol. The molecule has 1 N–H and O–H groups in total. The summed E-state index contributed by atoms with van der Waals surface area (Å²) in [5.41, 5.74) is 4.18. The third-order valence-corrected chi connectivity index (χ3v) is 3.15. The molecule has 3 heteroatoms. The van der Waals surface area contributed by atoms with Crippen LogP contribution in [0.5, 0.6) is 0 Å². The number of nitrogens with zero attached hydrogens (tertiary/aromatic N) is 1. The summed E-state index contributed by atoms with van der Waals surface area (Å²) in [6.45, 7) is 2.42. The van der Waals surface area contributed by atoms with E-state index in [9.17, 15) is 4.79 Å². The number of amides is 1. The van der Waals surface area contributed by atoms with E-state index >= 15 is 0 Å². The molecule has 1 aliphatic heterocycles. The molecule has 1 heterocycles. The van der Waals surface area contributed by atoms with Crippen LogP contribution in [0.2, 0.25) is 0 Å². The predicted molar refractivity (Wildman–Crippen MR) is 73.3 cm³/mol. The minimum Gasteiger partial charge on any atom is -0.330 e. The first-order valence-electron chi connectivity index (χ1n) is 5.98. The molecule has 3 rings (SSSR count). The number of rotatable bonds is 1. The SMILES string of the molecule is Cc1cccc2c1N(c1ccccc1)CC(=O)N2. The van der Waals surface area contributed by atoms with Gasteiger partial charge < -0.3 is 10.2 Å². The monoisotopic (exact) mass is 238 g/mol. The molecule has 1 amide bonds. The summed E-state index contributed by atoms with van der Waals surface area (Å²) < 4.78 is 0. The van der Waals surface area contributed by atoms with Gasteiger partial charge in [0.25, 0.3) is 0 Å². The molecule has 0 aromatic heterocycles. The lowest BCUT2D eigenvalue weighted by Crippen LogP contribution is -2.35. The Morgan fingerprint density at radius 3 is 2.61 bits per heavy atom. The maximum atomic E-state index is 11.8. The molecule has 0 fully saturated rings. The van der Waals surface area contributed by atoms with E-state index in [0.717, 1.165) is 22.6 Å². The zero-order chi connectivity index (χ0) is 12.5. The Hall–Kier alpha value is -2.29. The van der Waals surface area contributed by atoms with Crippen molar-refractivity contribution in [3.05, 3.63) is 54.1 Å². The average molecular weight is 238 g/mol. The van der Waals surface area contributed by atoms with Crippen molar-refractivity contribution in [2.45, 2.75) is 6.92 Å². The van der Waals surface area contributed by atoms with Gasteiger partial charge in [-0.25, -0.2) is 0 Å². The maximum absolute atomic E-state index is 11.8. The lowest BCUT2D eigenvalue weighted by atomic mass is 10.1. The second kappa shape index (κ2) is 4.18. The van der Waals surface area contributed by atoms with Gasteiger partial charge in [-0.15, -0.1) is 0 Å².